The molecule has 2 fully saturated rings. The number of hydrogen-bond acceptors (Lipinski definition) is 2. The molecule has 2 atom stereocenters. The number of hydrogen-bond donors (Lipinski definition) is 1. The third kappa shape index (κ3) is 5.71. The molecule has 2 aliphatic rings. The quantitative estimate of drug-likeness (QED) is 0.525. The van der Waals surface area contributed by atoms with Crippen molar-refractivity contribution in [1.29, 1.82) is 0 Å². The summed E-state index contributed by atoms with van der Waals surface area (Å²) >= 11 is 0. The van der Waals surface area contributed by atoms with E-state index >= 15 is 0 Å². The van der Waals surface area contributed by atoms with Crippen LogP contribution in [-0.2, 0) is 4.74 Å². The minimum absolute atomic E-state index is 0.782. The Balaban J connectivity index is 1.45. The van der Waals surface area contributed by atoms with Crippen LogP contribution in [0.5, 0.6) is 0 Å². The molecule has 0 spiro atoms. The first kappa shape index (κ1) is 14.3. The summed E-state index contributed by atoms with van der Waals surface area (Å²) in [4.78, 5) is 0. The molecule has 2 nitrogen and oxygen atoms in total. The molecule has 106 valence electrons. The van der Waals surface area contributed by atoms with Crippen molar-refractivity contribution in [3.63, 3.8) is 0 Å². The molecule has 0 saturated heterocycles. The summed E-state index contributed by atoms with van der Waals surface area (Å²) in [7, 11) is 0. The maximum absolute atomic E-state index is 5.67. The Hall–Kier alpha value is -0.0800. The van der Waals surface area contributed by atoms with E-state index in [1.54, 1.807) is 0 Å². The van der Waals surface area contributed by atoms with Crippen LogP contribution in [-0.4, -0.2) is 25.8 Å². The van der Waals surface area contributed by atoms with Gasteiger partial charge in [-0.05, 0) is 56.9 Å². The van der Waals surface area contributed by atoms with Gasteiger partial charge < -0.3 is 10.1 Å². The third-order valence-electron chi connectivity index (χ3n) is 4.61. The van der Waals surface area contributed by atoms with Crippen LogP contribution < -0.4 is 5.32 Å². The van der Waals surface area contributed by atoms with Crippen molar-refractivity contribution in [2.24, 2.45) is 11.8 Å². The smallest absolute Gasteiger partial charge is 0.0494 e. The van der Waals surface area contributed by atoms with Crippen LogP contribution in [0.1, 0.15) is 64.7 Å². The van der Waals surface area contributed by atoms with Crippen LogP contribution in [0.3, 0.4) is 0 Å². The van der Waals surface area contributed by atoms with E-state index < -0.39 is 0 Å². The minimum atomic E-state index is 0.782. The van der Waals surface area contributed by atoms with E-state index in [4.69, 9.17) is 4.74 Å². The van der Waals surface area contributed by atoms with Crippen LogP contribution in [0.25, 0.3) is 0 Å². The molecule has 2 rings (SSSR count). The maximum atomic E-state index is 5.67. The fourth-order valence-corrected chi connectivity index (χ4v) is 3.01. The Morgan fingerprint density at radius 2 is 1.83 bits per heavy atom. The average molecular weight is 253 g/mol. The van der Waals surface area contributed by atoms with Gasteiger partial charge in [0.2, 0.25) is 0 Å². The lowest BCUT2D eigenvalue weighted by Crippen LogP contribution is -2.30. The highest BCUT2D eigenvalue weighted by molar-refractivity contribution is 4.74. The van der Waals surface area contributed by atoms with Gasteiger partial charge in [0.15, 0.2) is 0 Å². The molecule has 0 aliphatic heterocycles. The van der Waals surface area contributed by atoms with Crippen molar-refractivity contribution >= 4 is 0 Å². The Bertz CT molecular complexity index is 215. The van der Waals surface area contributed by atoms with Crippen LogP contribution in [0.15, 0.2) is 0 Å². The zero-order valence-corrected chi connectivity index (χ0v) is 12.1. The van der Waals surface area contributed by atoms with Gasteiger partial charge in [0.25, 0.3) is 0 Å². The van der Waals surface area contributed by atoms with Crippen LogP contribution >= 0.6 is 0 Å². The van der Waals surface area contributed by atoms with E-state index in [0.29, 0.717) is 0 Å². The SMILES string of the molecule is CCC1CCCC(NCCCOCC2CC2)CC1. The van der Waals surface area contributed by atoms with Gasteiger partial charge in [0.1, 0.15) is 0 Å². The van der Waals surface area contributed by atoms with E-state index in [1.165, 1.54) is 57.8 Å². The summed E-state index contributed by atoms with van der Waals surface area (Å²) in [5.74, 6) is 1.91. The molecule has 2 aliphatic carbocycles. The van der Waals surface area contributed by atoms with Crippen molar-refractivity contribution in [3.8, 4) is 0 Å². The monoisotopic (exact) mass is 253 g/mol. The first-order valence-electron chi connectivity index (χ1n) is 8.19. The van der Waals surface area contributed by atoms with Gasteiger partial charge in [-0.1, -0.05) is 26.2 Å². The van der Waals surface area contributed by atoms with Crippen molar-refractivity contribution < 1.29 is 4.74 Å². The Kier molecular flexibility index (Phi) is 6.50. The normalized spacial score (nSPS) is 29.2. The fourth-order valence-electron chi connectivity index (χ4n) is 3.01. The number of rotatable bonds is 8. The highest BCUT2D eigenvalue weighted by Crippen LogP contribution is 2.28. The molecule has 0 aromatic carbocycles. The maximum Gasteiger partial charge on any atom is 0.0494 e. The lowest BCUT2D eigenvalue weighted by atomic mass is 9.98. The number of ether oxygens (including phenoxy) is 1. The summed E-state index contributed by atoms with van der Waals surface area (Å²) in [6.07, 6.45) is 12.5. The first-order chi connectivity index (χ1) is 8.88. The fraction of sp³-hybridized carbons (Fsp3) is 1.00. The zero-order valence-electron chi connectivity index (χ0n) is 12.1. The molecule has 1 N–H and O–H groups in total. The van der Waals surface area contributed by atoms with Gasteiger partial charge in [-0.25, -0.2) is 0 Å². The number of nitrogens with one attached hydrogen (secondary N) is 1. The highest BCUT2D eigenvalue weighted by atomic mass is 16.5. The molecule has 0 amide bonds. The Morgan fingerprint density at radius 1 is 1.00 bits per heavy atom. The van der Waals surface area contributed by atoms with Crippen molar-refractivity contribution in [2.75, 3.05) is 19.8 Å². The summed E-state index contributed by atoms with van der Waals surface area (Å²) < 4.78 is 5.67. The summed E-state index contributed by atoms with van der Waals surface area (Å²) in [6, 6.07) is 0.782. The van der Waals surface area contributed by atoms with Crippen molar-refractivity contribution in [1.82, 2.24) is 5.32 Å². The van der Waals surface area contributed by atoms with E-state index in [2.05, 4.69) is 12.2 Å². The highest BCUT2D eigenvalue weighted by Gasteiger charge is 2.21. The summed E-state index contributed by atoms with van der Waals surface area (Å²) in [5.41, 5.74) is 0. The largest absolute Gasteiger partial charge is 0.381 e. The predicted molar refractivity (Wildman–Crippen MR) is 76.8 cm³/mol. The molecule has 0 radical (unpaired) electrons. The van der Waals surface area contributed by atoms with Gasteiger partial charge in [-0.3, -0.25) is 0 Å². The molecule has 2 heteroatoms. The summed E-state index contributed by atoms with van der Waals surface area (Å²) in [6.45, 7) is 5.46. The van der Waals surface area contributed by atoms with E-state index in [9.17, 15) is 0 Å². The van der Waals surface area contributed by atoms with Gasteiger partial charge >= 0.3 is 0 Å². The second-order valence-electron chi connectivity index (χ2n) is 6.31. The standard InChI is InChI=1S/C16H31NO/c1-2-14-5-3-6-16(10-9-14)17-11-4-12-18-13-15-7-8-15/h14-17H,2-13H2,1H3. The van der Waals surface area contributed by atoms with Gasteiger partial charge in [0, 0.05) is 19.3 Å². The van der Waals surface area contributed by atoms with Gasteiger partial charge in [0.05, 0.1) is 0 Å². The Morgan fingerprint density at radius 3 is 2.61 bits per heavy atom. The minimum Gasteiger partial charge on any atom is -0.381 e. The Labute approximate surface area is 113 Å². The topological polar surface area (TPSA) is 21.3 Å². The molecule has 0 aromatic rings. The van der Waals surface area contributed by atoms with E-state index in [1.807, 2.05) is 0 Å². The van der Waals surface area contributed by atoms with Crippen LogP contribution in [0.4, 0.5) is 0 Å². The lowest BCUT2D eigenvalue weighted by molar-refractivity contribution is 0.121. The predicted octanol–water partition coefficient (Wildman–Crippen LogP) is 3.75. The lowest BCUT2D eigenvalue weighted by Gasteiger charge is -2.16. The van der Waals surface area contributed by atoms with E-state index in [0.717, 1.165) is 37.6 Å². The second-order valence-corrected chi connectivity index (χ2v) is 6.31. The molecule has 0 aromatic heterocycles. The average Bonchev–Trinajstić information content (AvgIpc) is 3.20. The van der Waals surface area contributed by atoms with Gasteiger partial charge in [-0.2, -0.15) is 0 Å². The zero-order chi connectivity index (χ0) is 12.6. The van der Waals surface area contributed by atoms with E-state index in [-0.39, 0.29) is 0 Å². The molecular weight excluding hydrogens is 222 g/mol. The molecule has 0 bridgehead atoms. The van der Waals surface area contributed by atoms with Crippen LogP contribution in [0.2, 0.25) is 0 Å². The molecule has 2 unspecified atom stereocenters. The second kappa shape index (κ2) is 8.16. The molecular formula is C16H31NO. The molecule has 18 heavy (non-hydrogen) atoms. The summed E-state index contributed by atoms with van der Waals surface area (Å²) in [5, 5.41) is 3.73. The van der Waals surface area contributed by atoms with Crippen LogP contribution in [0, 0.1) is 11.8 Å². The first-order valence-corrected chi connectivity index (χ1v) is 8.19. The third-order valence-corrected chi connectivity index (χ3v) is 4.61. The molecule has 0 heterocycles. The van der Waals surface area contributed by atoms with Crippen molar-refractivity contribution in [2.45, 2.75) is 70.8 Å². The van der Waals surface area contributed by atoms with Gasteiger partial charge in [-0.15, -0.1) is 0 Å². The molecule has 2 saturated carbocycles. The van der Waals surface area contributed by atoms with Crippen molar-refractivity contribution in [3.05, 3.63) is 0 Å².